The molecule has 31 heavy (non-hydrogen) atoms. The fourth-order valence-electron chi connectivity index (χ4n) is 3.80. The molecular formula is C26H22Cl2N2O. The number of nitrogens with one attached hydrogen (secondary N) is 1. The number of benzene rings is 3. The van der Waals surface area contributed by atoms with Crippen molar-refractivity contribution in [1.29, 1.82) is 0 Å². The predicted octanol–water partition coefficient (Wildman–Crippen LogP) is 7.32. The maximum Gasteiger partial charge on any atom is 0.252 e. The lowest BCUT2D eigenvalue weighted by molar-refractivity contribution is 0.0941. The molecule has 0 saturated heterocycles. The Morgan fingerprint density at radius 1 is 0.968 bits per heavy atom. The van der Waals surface area contributed by atoms with Gasteiger partial charge in [-0.1, -0.05) is 65.2 Å². The molecule has 4 rings (SSSR count). The van der Waals surface area contributed by atoms with Crippen LogP contribution in [0.4, 0.5) is 0 Å². The van der Waals surface area contributed by atoms with E-state index < -0.39 is 0 Å². The molecule has 3 aromatic carbocycles. The summed E-state index contributed by atoms with van der Waals surface area (Å²) in [6.45, 7) is 6.00. The molecular weight excluding hydrogens is 427 g/mol. The number of carbonyl (C=O) groups excluding carboxylic acids is 1. The lowest BCUT2D eigenvalue weighted by atomic mass is 9.99. The van der Waals surface area contributed by atoms with Gasteiger partial charge >= 0.3 is 0 Å². The van der Waals surface area contributed by atoms with E-state index in [1.165, 1.54) is 0 Å². The van der Waals surface area contributed by atoms with E-state index in [-0.39, 0.29) is 11.9 Å². The van der Waals surface area contributed by atoms with Gasteiger partial charge in [0.05, 0.1) is 27.8 Å². The largest absolute Gasteiger partial charge is 0.345 e. The van der Waals surface area contributed by atoms with E-state index in [1.54, 1.807) is 12.1 Å². The molecule has 0 fully saturated rings. The van der Waals surface area contributed by atoms with Crippen molar-refractivity contribution in [2.75, 3.05) is 0 Å². The lowest BCUT2D eigenvalue weighted by Crippen LogP contribution is -2.27. The van der Waals surface area contributed by atoms with Gasteiger partial charge in [0.1, 0.15) is 0 Å². The first-order valence-electron chi connectivity index (χ1n) is 10.1. The molecule has 1 atom stereocenters. The van der Waals surface area contributed by atoms with E-state index in [2.05, 4.69) is 11.4 Å². The van der Waals surface area contributed by atoms with Gasteiger partial charge in [-0.25, -0.2) is 4.98 Å². The zero-order valence-electron chi connectivity index (χ0n) is 17.5. The SMILES string of the molecule is Cc1cc(C)c2nc(-c3ccc(Cl)cc3Cl)cc(C(=O)NC(C)c3ccccc3)c2c1. The predicted molar refractivity (Wildman–Crippen MR) is 129 cm³/mol. The summed E-state index contributed by atoms with van der Waals surface area (Å²) in [7, 11) is 0. The van der Waals surface area contributed by atoms with Crippen LogP contribution in [0.1, 0.15) is 40.0 Å². The molecule has 0 spiro atoms. The van der Waals surface area contributed by atoms with E-state index in [4.69, 9.17) is 28.2 Å². The number of halogens is 2. The first kappa shape index (κ1) is 21.4. The highest BCUT2D eigenvalue weighted by atomic mass is 35.5. The summed E-state index contributed by atoms with van der Waals surface area (Å²) in [5, 5.41) is 4.99. The van der Waals surface area contributed by atoms with Crippen LogP contribution < -0.4 is 5.32 Å². The molecule has 1 heterocycles. The van der Waals surface area contributed by atoms with Gasteiger partial charge < -0.3 is 5.32 Å². The summed E-state index contributed by atoms with van der Waals surface area (Å²) in [6.07, 6.45) is 0. The fraction of sp³-hybridized carbons (Fsp3) is 0.154. The first-order valence-corrected chi connectivity index (χ1v) is 10.8. The number of nitrogens with zero attached hydrogens (tertiary/aromatic N) is 1. The number of pyridine rings is 1. The molecule has 0 saturated carbocycles. The number of aromatic nitrogens is 1. The molecule has 1 aromatic heterocycles. The minimum Gasteiger partial charge on any atom is -0.345 e. The Balaban J connectivity index is 1.85. The van der Waals surface area contributed by atoms with Gasteiger partial charge in [0.2, 0.25) is 0 Å². The normalized spacial score (nSPS) is 12.0. The standard InChI is InChI=1S/C26H22Cl2N2O/c1-15-11-16(2)25-21(12-15)22(26(31)29-17(3)18-7-5-4-6-8-18)14-24(30-25)20-10-9-19(27)13-23(20)28/h4-14,17H,1-3H3,(H,29,31). The zero-order valence-corrected chi connectivity index (χ0v) is 19.1. The van der Waals surface area contributed by atoms with Gasteiger partial charge in [0.15, 0.2) is 0 Å². The van der Waals surface area contributed by atoms with Crippen LogP contribution in [0.2, 0.25) is 10.0 Å². The Hall–Kier alpha value is -2.88. The summed E-state index contributed by atoms with van der Waals surface area (Å²) >= 11 is 12.5. The van der Waals surface area contributed by atoms with Crippen molar-refractivity contribution in [2.45, 2.75) is 26.8 Å². The highest BCUT2D eigenvalue weighted by Crippen LogP contribution is 2.33. The summed E-state index contributed by atoms with van der Waals surface area (Å²) in [5.41, 5.74) is 5.85. The number of hydrogen-bond donors (Lipinski definition) is 1. The second-order valence-corrected chi connectivity index (χ2v) is 8.61. The third kappa shape index (κ3) is 4.43. The van der Waals surface area contributed by atoms with Crippen LogP contribution in [0.3, 0.4) is 0 Å². The Kier molecular flexibility index (Phi) is 5.99. The smallest absolute Gasteiger partial charge is 0.252 e. The quantitative estimate of drug-likeness (QED) is 0.355. The van der Waals surface area contributed by atoms with E-state index in [0.29, 0.717) is 21.3 Å². The number of fused-ring (bicyclic) bond motifs is 1. The van der Waals surface area contributed by atoms with Gasteiger partial charge in [-0.2, -0.15) is 0 Å². The van der Waals surface area contributed by atoms with E-state index in [0.717, 1.165) is 33.2 Å². The number of amides is 1. The number of aryl methyl sites for hydroxylation is 2. The number of rotatable bonds is 4. The molecule has 3 nitrogen and oxygen atoms in total. The molecule has 0 aliphatic rings. The van der Waals surface area contributed by atoms with Crippen molar-refractivity contribution in [3.05, 3.63) is 99.0 Å². The van der Waals surface area contributed by atoms with Crippen molar-refractivity contribution in [2.24, 2.45) is 0 Å². The number of hydrogen-bond acceptors (Lipinski definition) is 2. The average molecular weight is 449 g/mol. The molecule has 1 N–H and O–H groups in total. The summed E-state index contributed by atoms with van der Waals surface area (Å²) in [6, 6.07) is 20.9. The van der Waals surface area contributed by atoms with Crippen molar-refractivity contribution in [3.8, 4) is 11.3 Å². The van der Waals surface area contributed by atoms with Crippen LogP contribution in [0.15, 0.2) is 66.7 Å². The molecule has 1 amide bonds. The number of carbonyl (C=O) groups is 1. The fourth-order valence-corrected chi connectivity index (χ4v) is 4.31. The molecule has 156 valence electrons. The third-order valence-corrected chi connectivity index (χ3v) is 5.90. The Morgan fingerprint density at radius 2 is 1.71 bits per heavy atom. The maximum atomic E-state index is 13.4. The topological polar surface area (TPSA) is 42.0 Å². The van der Waals surface area contributed by atoms with Crippen molar-refractivity contribution >= 4 is 40.0 Å². The zero-order chi connectivity index (χ0) is 22.1. The maximum absolute atomic E-state index is 13.4. The van der Waals surface area contributed by atoms with Crippen molar-refractivity contribution < 1.29 is 4.79 Å². The van der Waals surface area contributed by atoms with E-state index in [9.17, 15) is 4.79 Å². The molecule has 1 unspecified atom stereocenters. The lowest BCUT2D eigenvalue weighted by Gasteiger charge is -2.17. The van der Waals surface area contributed by atoms with Gasteiger partial charge in [-0.15, -0.1) is 0 Å². The second kappa shape index (κ2) is 8.70. The third-order valence-electron chi connectivity index (χ3n) is 5.35. The van der Waals surface area contributed by atoms with Crippen LogP contribution >= 0.6 is 23.2 Å². The van der Waals surface area contributed by atoms with Gasteiger partial charge in [-0.05, 0) is 62.2 Å². The summed E-state index contributed by atoms with van der Waals surface area (Å²) < 4.78 is 0. The average Bonchev–Trinajstić information content (AvgIpc) is 2.74. The van der Waals surface area contributed by atoms with Crippen LogP contribution in [0.5, 0.6) is 0 Å². The first-order chi connectivity index (χ1) is 14.8. The highest BCUT2D eigenvalue weighted by molar-refractivity contribution is 6.36. The molecule has 0 radical (unpaired) electrons. The molecule has 5 heteroatoms. The van der Waals surface area contributed by atoms with Gasteiger partial charge in [0, 0.05) is 16.0 Å². The highest BCUT2D eigenvalue weighted by Gasteiger charge is 2.19. The molecule has 0 bridgehead atoms. The second-order valence-electron chi connectivity index (χ2n) is 7.76. The molecule has 0 aliphatic carbocycles. The minimum atomic E-state index is -0.153. The van der Waals surface area contributed by atoms with Gasteiger partial charge in [0.25, 0.3) is 5.91 Å². The Labute approximate surface area is 192 Å². The van der Waals surface area contributed by atoms with Crippen LogP contribution in [0.25, 0.3) is 22.2 Å². The van der Waals surface area contributed by atoms with Gasteiger partial charge in [-0.3, -0.25) is 4.79 Å². The van der Waals surface area contributed by atoms with Crippen molar-refractivity contribution in [3.63, 3.8) is 0 Å². The van der Waals surface area contributed by atoms with Crippen molar-refractivity contribution in [1.82, 2.24) is 10.3 Å². The Bertz CT molecular complexity index is 1290. The monoisotopic (exact) mass is 448 g/mol. The summed E-state index contributed by atoms with van der Waals surface area (Å²) in [5.74, 6) is -0.153. The van der Waals surface area contributed by atoms with E-state index >= 15 is 0 Å². The van der Waals surface area contributed by atoms with Crippen LogP contribution in [0, 0.1) is 13.8 Å². The minimum absolute atomic E-state index is 0.134. The Morgan fingerprint density at radius 3 is 2.42 bits per heavy atom. The van der Waals surface area contributed by atoms with Crippen LogP contribution in [-0.2, 0) is 0 Å². The van der Waals surface area contributed by atoms with E-state index in [1.807, 2.05) is 69.3 Å². The molecule has 0 aliphatic heterocycles. The summed E-state index contributed by atoms with van der Waals surface area (Å²) in [4.78, 5) is 18.2. The molecule has 4 aromatic rings. The van der Waals surface area contributed by atoms with Crippen LogP contribution in [-0.4, -0.2) is 10.9 Å².